The average Bonchev–Trinajstić information content (AvgIpc) is 3.33. The smallest absolute Gasteiger partial charge is 0.408 e. The molecule has 0 bridgehead atoms. The van der Waals surface area contributed by atoms with Gasteiger partial charge in [0.15, 0.2) is 23.0 Å². The highest BCUT2D eigenvalue weighted by Gasteiger charge is 2.28. The van der Waals surface area contributed by atoms with Gasteiger partial charge < -0.3 is 34.4 Å². The molecular formula is C27H30F2N4O8. The van der Waals surface area contributed by atoms with Crippen molar-refractivity contribution in [3.8, 4) is 23.0 Å². The van der Waals surface area contributed by atoms with E-state index in [4.69, 9.17) is 19.0 Å². The van der Waals surface area contributed by atoms with Crippen LogP contribution in [0.2, 0.25) is 0 Å². The minimum Gasteiger partial charge on any atom is -0.490 e. The Morgan fingerprint density at radius 2 is 1.83 bits per heavy atom. The standard InChI is InChI=1S/C27H30F2N4O8/c1-6-38-19-12-15(10-11-18(19)39-25(28)29)23-33-20(21(40-23)14(2)31-26(37)41-27(3,4)5)22(34)30-13-16-8-7-9-17(32-16)24(35)36/h7-12,14,25H,6,13H2,1-5H3,(H,30,34)(H,31,37)(H,35,36). The highest BCUT2D eigenvalue weighted by molar-refractivity contribution is 5.94. The van der Waals surface area contributed by atoms with Crippen LogP contribution in [0.3, 0.4) is 0 Å². The van der Waals surface area contributed by atoms with E-state index in [9.17, 15) is 23.2 Å². The average molecular weight is 577 g/mol. The third-order valence-electron chi connectivity index (χ3n) is 5.16. The van der Waals surface area contributed by atoms with E-state index in [1.165, 1.54) is 36.4 Å². The normalized spacial score (nSPS) is 12.0. The molecule has 0 aliphatic carbocycles. The molecular weight excluding hydrogens is 546 g/mol. The van der Waals surface area contributed by atoms with E-state index in [-0.39, 0.29) is 58.9 Å². The van der Waals surface area contributed by atoms with Gasteiger partial charge >= 0.3 is 18.7 Å². The summed E-state index contributed by atoms with van der Waals surface area (Å²) in [4.78, 5) is 45.1. The second-order valence-corrected chi connectivity index (χ2v) is 9.57. The number of carboxylic acids is 1. The Labute approximate surface area is 234 Å². The number of hydrogen-bond donors (Lipinski definition) is 3. The molecule has 220 valence electrons. The summed E-state index contributed by atoms with van der Waals surface area (Å²) in [5, 5.41) is 14.4. The van der Waals surface area contributed by atoms with E-state index < -0.39 is 36.2 Å². The summed E-state index contributed by atoms with van der Waals surface area (Å²) in [5.74, 6) is -2.23. The van der Waals surface area contributed by atoms with E-state index in [1.54, 1.807) is 34.6 Å². The monoisotopic (exact) mass is 576 g/mol. The number of nitrogens with one attached hydrogen (secondary N) is 2. The van der Waals surface area contributed by atoms with Crippen LogP contribution >= 0.6 is 0 Å². The maximum atomic E-state index is 13.2. The minimum atomic E-state index is -3.07. The Kier molecular flexibility index (Phi) is 9.81. The lowest BCUT2D eigenvalue weighted by Gasteiger charge is -2.21. The van der Waals surface area contributed by atoms with Gasteiger partial charge in [0, 0.05) is 5.56 Å². The molecule has 3 rings (SSSR count). The summed E-state index contributed by atoms with van der Waals surface area (Å²) in [6.07, 6.45) is -0.767. The fourth-order valence-electron chi connectivity index (χ4n) is 3.52. The van der Waals surface area contributed by atoms with Gasteiger partial charge in [-0.1, -0.05) is 6.07 Å². The van der Waals surface area contributed by atoms with Crippen molar-refractivity contribution in [1.29, 1.82) is 0 Å². The number of aromatic carboxylic acids is 1. The summed E-state index contributed by atoms with van der Waals surface area (Å²) in [7, 11) is 0. The topological polar surface area (TPSA) is 162 Å². The number of halogens is 2. The van der Waals surface area contributed by atoms with Crippen LogP contribution in [0.5, 0.6) is 11.5 Å². The van der Waals surface area contributed by atoms with Gasteiger partial charge in [0.25, 0.3) is 5.91 Å². The zero-order valence-electron chi connectivity index (χ0n) is 23.0. The first kappa shape index (κ1) is 30.8. The molecule has 0 spiro atoms. The van der Waals surface area contributed by atoms with Gasteiger partial charge in [0.2, 0.25) is 5.89 Å². The van der Waals surface area contributed by atoms with E-state index in [0.29, 0.717) is 0 Å². The number of carbonyl (C=O) groups excluding carboxylic acids is 2. The molecule has 1 atom stereocenters. The summed E-state index contributed by atoms with van der Waals surface area (Å²) in [5.41, 5.74) is -0.620. The van der Waals surface area contributed by atoms with Crippen LogP contribution in [-0.4, -0.2) is 51.9 Å². The van der Waals surface area contributed by atoms with Crippen molar-refractivity contribution in [3.05, 3.63) is 59.2 Å². The van der Waals surface area contributed by atoms with Crippen LogP contribution in [0.4, 0.5) is 13.6 Å². The van der Waals surface area contributed by atoms with Crippen molar-refractivity contribution in [2.75, 3.05) is 6.61 Å². The molecule has 0 fully saturated rings. The van der Waals surface area contributed by atoms with E-state index in [2.05, 4.69) is 25.3 Å². The second-order valence-electron chi connectivity index (χ2n) is 9.57. The molecule has 0 aliphatic rings. The zero-order chi connectivity index (χ0) is 30.3. The molecule has 0 saturated carbocycles. The highest BCUT2D eigenvalue weighted by atomic mass is 19.3. The first-order valence-corrected chi connectivity index (χ1v) is 12.5. The Morgan fingerprint density at radius 3 is 2.46 bits per heavy atom. The molecule has 0 saturated heterocycles. The molecule has 3 N–H and O–H groups in total. The fourth-order valence-corrected chi connectivity index (χ4v) is 3.52. The van der Waals surface area contributed by atoms with Gasteiger partial charge in [-0.2, -0.15) is 8.78 Å². The Balaban J connectivity index is 1.95. The Bertz CT molecular complexity index is 1400. The zero-order valence-corrected chi connectivity index (χ0v) is 23.0. The number of ether oxygens (including phenoxy) is 3. The van der Waals surface area contributed by atoms with Gasteiger partial charge in [-0.3, -0.25) is 4.79 Å². The number of carboxylic acid groups (broad SMARTS) is 1. The van der Waals surface area contributed by atoms with Crippen molar-refractivity contribution >= 4 is 18.0 Å². The molecule has 0 aliphatic heterocycles. The molecule has 1 unspecified atom stereocenters. The third-order valence-corrected chi connectivity index (χ3v) is 5.16. The van der Waals surface area contributed by atoms with Crippen molar-refractivity contribution in [2.45, 2.75) is 59.4 Å². The van der Waals surface area contributed by atoms with Gasteiger partial charge in [-0.25, -0.2) is 19.6 Å². The molecule has 2 heterocycles. The molecule has 14 heteroatoms. The van der Waals surface area contributed by atoms with Crippen LogP contribution < -0.4 is 20.1 Å². The summed E-state index contributed by atoms with van der Waals surface area (Å²) in [6, 6.07) is 7.45. The number of carbonyl (C=O) groups is 3. The number of amides is 2. The van der Waals surface area contributed by atoms with Crippen LogP contribution in [-0.2, 0) is 11.3 Å². The third kappa shape index (κ3) is 8.62. The lowest BCUT2D eigenvalue weighted by molar-refractivity contribution is -0.0514. The number of nitrogens with zero attached hydrogens (tertiary/aromatic N) is 2. The fraction of sp³-hybridized carbons (Fsp3) is 0.370. The van der Waals surface area contributed by atoms with Crippen LogP contribution in [0.15, 0.2) is 40.8 Å². The van der Waals surface area contributed by atoms with E-state index in [1.807, 2.05) is 0 Å². The lowest BCUT2D eigenvalue weighted by Crippen LogP contribution is -2.34. The summed E-state index contributed by atoms with van der Waals surface area (Å²) >= 11 is 0. The minimum absolute atomic E-state index is 0.000339. The van der Waals surface area contributed by atoms with E-state index >= 15 is 0 Å². The number of rotatable bonds is 11. The Morgan fingerprint density at radius 1 is 1.10 bits per heavy atom. The van der Waals surface area contributed by atoms with Gasteiger partial charge in [0.05, 0.1) is 24.9 Å². The first-order chi connectivity index (χ1) is 19.3. The predicted octanol–water partition coefficient (Wildman–Crippen LogP) is 4.95. The number of alkyl halides is 2. The maximum absolute atomic E-state index is 13.2. The first-order valence-electron chi connectivity index (χ1n) is 12.5. The van der Waals surface area contributed by atoms with Gasteiger partial charge in [-0.15, -0.1) is 0 Å². The van der Waals surface area contributed by atoms with Crippen LogP contribution in [0.25, 0.3) is 11.5 Å². The lowest BCUT2D eigenvalue weighted by atomic mass is 10.2. The van der Waals surface area contributed by atoms with Gasteiger partial charge in [-0.05, 0) is 65.0 Å². The molecule has 41 heavy (non-hydrogen) atoms. The number of oxazole rings is 1. The SMILES string of the molecule is CCOc1cc(-c2nc(C(=O)NCc3cccc(C(=O)O)n3)c(C(C)NC(=O)OC(C)(C)C)o2)ccc1OC(F)F. The number of hydrogen-bond acceptors (Lipinski definition) is 9. The Hall–Kier alpha value is -4.75. The van der Waals surface area contributed by atoms with Crippen LogP contribution in [0.1, 0.15) is 73.1 Å². The van der Waals surface area contributed by atoms with Crippen molar-refractivity contribution in [3.63, 3.8) is 0 Å². The quantitative estimate of drug-likeness (QED) is 0.285. The number of pyridine rings is 1. The molecule has 3 aromatic rings. The van der Waals surface area contributed by atoms with Gasteiger partial charge in [0.1, 0.15) is 11.3 Å². The van der Waals surface area contributed by atoms with Crippen molar-refractivity contribution in [1.82, 2.24) is 20.6 Å². The summed E-state index contributed by atoms with van der Waals surface area (Å²) < 4.78 is 46.8. The highest BCUT2D eigenvalue weighted by Crippen LogP contribution is 2.35. The molecule has 2 amide bonds. The van der Waals surface area contributed by atoms with Crippen LogP contribution in [0, 0.1) is 0 Å². The molecule has 2 aromatic heterocycles. The maximum Gasteiger partial charge on any atom is 0.408 e. The largest absolute Gasteiger partial charge is 0.490 e. The van der Waals surface area contributed by atoms with E-state index in [0.717, 1.165) is 0 Å². The second kappa shape index (κ2) is 13.1. The molecule has 0 radical (unpaired) electrons. The summed E-state index contributed by atoms with van der Waals surface area (Å²) in [6.45, 7) is 5.22. The number of alkyl carbamates (subject to hydrolysis) is 1. The predicted molar refractivity (Wildman–Crippen MR) is 140 cm³/mol. The van der Waals surface area contributed by atoms with Crippen molar-refractivity contribution in [2.24, 2.45) is 0 Å². The number of aromatic nitrogens is 2. The number of benzene rings is 1. The van der Waals surface area contributed by atoms with Crippen molar-refractivity contribution < 1.29 is 46.9 Å². The molecule has 12 nitrogen and oxygen atoms in total. The molecule has 1 aromatic carbocycles.